The van der Waals surface area contributed by atoms with Crippen molar-refractivity contribution in [1.82, 2.24) is 19.1 Å². The molecule has 2 aromatic heterocycles. The third kappa shape index (κ3) is 5.29. The van der Waals surface area contributed by atoms with E-state index in [-0.39, 0.29) is 25.1 Å². The monoisotopic (exact) mass is 477 g/mol. The molecule has 0 saturated heterocycles. The number of benzene rings is 2. The van der Waals surface area contributed by atoms with E-state index in [0.29, 0.717) is 5.00 Å². The van der Waals surface area contributed by atoms with E-state index in [4.69, 9.17) is 0 Å². The Morgan fingerprint density at radius 1 is 1.09 bits per heavy atom. The van der Waals surface area contributed by atoms with E-state index in [1.165, 1.54) is 23.0 Å². The molecule has 0 aliphatic rings. The average Bonchev–Trinajstić information content (AvgIpc) is 3.31. The molecular formula is C24H23N5O4S. The molecule has 0 atom stereocenters. The summed E-state index contributed by atoms with van der Waals surface area (Å²) in [4.78, 5) is 49.2. The highest BCUT2D eigenvalue weighted by molar-refractivity contribution is 7.18. The first-order valence-corrected chi connectivity index (χ1v) is 11.4. The maximum absolute atomic E-state index is 13.3. The van der Waals surface area contributed by atoms with Gasteiger partial charge >= 0.3 is 17.3 Å². The van der Waals surface area contributed by atoms with Crippen LogP contribution in [0.5, 0.6) is 0 Å². The van der Waals surface area contributed by atoms with Crippen LogP contribution in [0.3, 0.4) is 0 Å². The minimum atomic E-state index is -0.652. The molecule has 4 rings (SSSR count). The third-order valence-electron chi connectivity index (χ3n) is 5.14. The quantitative estimate of drug-likeness (QED) is 0.411. The molecule has 0 aliphatic carbocycles. The molecule has 0 radical (unpaired) electrons. The highest BCUT2D eigenvalue weighted by Gasteiger charge is 2.12. The molecule has 4 aromatic rings. The molecule has 10 heteroatoms. The number of methoxy groups -OCH3 is 1. The van der Waals surface area contributed by atoms with Crippen molar-refractivity contribution in [2.45, 2.75) is 26.4 Å². The van der Waals surface area contributed by atoms with Crippen LogP contribution >= 0.6 is 11.3 Å². The minimum Gasteiger partial charge on any atom is -0.469 e. The van der Waals surface area contributed by atoms with Crippen molar-refractivity contribution in [3.63, 3.8) is 0 Å². The molecule has 0 amide bonds. The van der Waals surface area contributed by atoms with Gasteiger partial charge in [0.1, 0.15) is 10.0 Å². The largest absolute Gasteiger partial charge is 0.469 e. The van der Waals surface area contributed by atoms with Crippen molar-refractivity contribution < 1.29 is 9.53 Å². The second-order valence-corrected chi connectivity index (χ2v) is 8.58. The van der Waals surface area contributed by atoms with Gasteiger partial charge in [0.25, 0.3) is 0 Å². The number of ether oxygens (including phenoxy) is 1. The van der Waals surface area contributed by atoms with Crippen molar-refractivity contribution in [2.24, 2.45) is 4.99 Å². The number of aromatic nitrogens is 4. The van der Waals surface area contributed by atoms with Gasteiger partial charge in [0.05, 0.1) is 26.3 Å². The fraction of sp³-hybridized carbons (Fsp3) is 0.208. The Morgan fingerprint density at radius 3 is 2.53 bits per heavy atom. The highest BCUT2D eigenvalue weighted by Crippen LogP contribution is 2.29. The first kappa shape index (κ1) is 23.1. The summed E-state index contributed by atoms with van der Waals surface area (Å²) in [5, 5.41) is 1.32. The number of aromatic amines is 1. The molecule has 1 N–H and O–H groups in total. The lowest BCUT2D eigenvalue weighted by Crippen LogP contribution is -2.50. The van der Waals surface area contributed by atoms with Gasteiger partial charge in [-0.2, -0.15) is 0 Å². The van der Waals surface area contributed by atoms with E-state index in [9.17, 15) is 14.4 Å². The summed E-state index contributed by atoms with van der Waals surface area (Å²) in [6.45, 7) is 2.07. The second-order valence-electron chi connectivity index (χ2n) is 7.57. The Kier molecular flexibility index (Phi) is 6.98. The molecular weight excluding hydrogens is 454 g/mol. The van der Waals surface area contributed by atoms with Crippen molar-refractivity contribution in [3.05, 3.63) is 98.5 Å². The molecule has 34 heavy (non-hydrogen) atoms. The molecule has 2 aromatic carbocycles. The van der Waals surface area contributed by atoms with Crippen LogP contribution < -0.4 is 17.0 Å². The molecule has 174 valence electrons. The molecule has 0 bridgehead atoms. The maximum Gasteiger partial charge on any atom is 0.335 e. The summed E-state index contributed by atoms with van der Waals surface area (Å²) >= 11 is 1.35. The topological polar surface area (TPSA) is 111 Å². The zero-order valence-corrected chi connectivity index (χ0v) is 19.5. The third-order valence-corrected chi connectivity index (χ3v) is 6.08. The summed E-state index contributed by atoms with van der Waals surface area (Å²) in [6, 6.07) is 17.4. The van der Waals surface area contributed by atoms with Gasteiger partial charge in [0, 0.05) is 12.1 Å². The molecule has 2 heterocycles. The zero-order valence-electron chi connectivity index (χ0n) is 18.7. The van der Waals surface area contributed by atoms with E-state index >= 15 is 0 Å². The number of carbonyl (C=O) groups is 1. The smallest absolute Gasteiger partial charge is 0.335 e. The molecule has 0 spiro atoms. The number of thiazole rings is 1. The van der Waals surface area contributed by atoms with Crippen LogP contribution in [-0.4, -0.2) is 32.2 Å². The number of esters is 1. The maximum atomic E-state index is 13.3. The number of H-pyrrole nitrogens is 1. The standard InChI is InChI=1S/C24H23N5O4S/c1-16-8-10-17(11-9-16)15-29-22(27-23(31)28(24(29)32)13-12-20(30)33-2)26-19-14-25-21(34-19)18-6-4-3-5-7-18/h3-11,14H,12-13,15H2,1-2H3,(H,26,27,31). The minimum absolute atomic E-state index is 0.101. The lowest BCUT2D eigenvalue weighted by atomic mass is 10.1. The summed E-state index contributed by atoms with van der Waals surface area (Å²) in [6.07, 6.45) is 1.50. The number of rotatable bonds is 7. The van der Waals surface area contributed by atoms with Crippen LogP contribution in [0, 0.1) is 6.92 Å². The van der Waals surface area contributed by atoms with E-state index in [0.717, 1.165) is 26.3 Å². The first-order chi connectivity index (χ1) is 16.4. The van der Waals surface area contributed by atoms with Crippen LogP contribution in [-0.2, 0) is 22.6 Å². The Labute approximate surface area is 198 Å². The van der Waals surface area contributed by atoms with Crippen molar-refractivity contribution in [3.8, 4) is 10.6 Å². The zero-order chi connectivity index (χ0) is 24.1. The average molecular weight is 478 g/mol. The van der Waals surface area contributed by atoms with Gasteiger partial charge in [0.2, 0.25) is 5.62 Å². The summed E-state index contributed by atoms with van der Waals surface area (Å²) in [7, 11) is 1.26. The van der Waals surface area contributed by atoms with E-state index in [2.05, 4.69) is 19.7 Å². The Balaban J connectivity index is 1.80. The van der Waals surface area contributed by atoms with Gasteiger partial charge in [0.15, 0.2) is 0 Å². The van der Waals surface area contributed by atoms with E-state index < -0.39 is 17.3 Å². The number of nitrogens with zero attached hydrogens (tertiary/aromatic N) is 4. The van der Waals surface area contributed by atoms with Gasteiger partial charge in [-0.3, -0.25) is 14.3 Å². The van der Waals surface area contributed by atoms with Gasteiger partial charge in [-0.05, 0) is 12.5 Å². The normalized spacial score (nSPS) is 11.5. The van der Waals surface area contributed by atoms with Crippen LogP contribution in [0.1, 0.15) is 17.5 Å². The second kappa shape index (κ2) is 10.3. The Morgan fingerprint density at radius 2 is 1.82 bits per heavy atom. The van der Waals surface area contributed by atoms with Crippen molar-refractivity contribution in [1.29, 1.82) is 0 Å². The lowest BCUT2D eigenvalue weighted by Gasteiger charge is -2.11. The number of hydrogen-bond donors (Lipinski definition) is 1. The number of nitrogens with one attached hydrogen (secondary N) is 1. The fourth-order valence-electron chi connectivity index (χ4n) is 3.30. The summed E-state index contributed by atoms with van der Waals surface area (Å²) in [5.41, 5.74) is 1.79. The van der Waals surface area contributed by atoms with Crippen LogP contribution in [0.4, 0.5) is 5.00 Å². The summed E-state index contributed by atoms with van der Waals surface area (Å²) in [5.74, 6) is -0.511. The SMILES string of the molecule is COC(=O)CCn1c(=O)[nH]/c(=N\c2cnc(-c3ccccc3)s2)n(Cc2ccc(C)cc2)c1=O. The first-order valence-electron chi connectivity index (χ1n) is 10.6. The molecule has 0 fully saturated rings. The Hall–Kier alpha value is -4.05. The molecule has 0 saturated carbocycles. The predicted molar refractivity (Wildman–Crippen MR) is 129 cm³/mol. The number of carbonyl (C=O) groups excluding carboxylic acids is 1. The lowest BCUT2D eigenvalue weighted by molar-refractivity contribution is -0.140. The number of aryl methyl sites for hydroxylation is 1. The van der Waals surface area contributed by atoms with Gasteiger partial charge in [-0.1, -0.05) is 71.5 Å². The van der Waals surface area contributed by atoms with Crippen molar-refractivity contribution in [2.75, 3.05) is 7.11 Å². The van der Waals surface area contributed by atoms with Crippen molar-refractivity contribution >= 4 is 22.3 Å². The van der Waals surface area contributed by atoms with Crippen LogP contribution in [0.2, 0.25) is 0 Å². The van der Waals surface area contributed by atoms with Gasteiger partial charge < -0.3 is 4.74 Å². The molecule has 9 nitrogen and oxygen atoms in total. The highest BCUT2D eigenvalue weighted by atomic mass is 32.1. The predicted octanol–water partition coefficient (Wildman–Crippen LogP) is 2.61. The Bertz CT molecular complexity index is 1480. The van der Waals surface area contributed by atoms with E-state index in [1.54, 1.807) is 6.20 Å². The summed E-state index contributed by atoms with van der Waals surface area (Å²) < 4.78 is 6.99. The molecule has 0 unspecified atom stereocenters. The van der Waals surface area contributed by atoms with E-state index in [1.807, 2.05) is 61.5 Å². The van der Waals surface area contributed by atoms with Crippen LogP contribution in [0.25, 0.3) is 10.6 Å². The van der Waals surface area contributed by atoms with Gasteiger partial charge in [-0.25, -0.2) is 24.1 Å². The number of hydrogen-bond acceptors (Lipinski definition) is 7. The molecule has 0 aliphatic heterocycles. The van der Waals surface area contributed by atoms with Gasteiger partial charge in [-0.15, -0.1) is 0 Å². The fourth-order valence-corrected chi connectivity index (χ4v) is 4.09. The van der Waals surface area contributed by atoms with Crippen LogP contribution in [0.15, 0.2) is 75.4 Å².